The summed E-state index contributed by atoms with van der Waals surface area (Å²) in [5.74, 6) is -2.14. The fourth-order valence-corrected chi connectivity index (χ4v) is 4.25. The number of rotatable bonds is 7. The molecule has 0 bridgehead atoms. The molecule has 2 saturated heterocycles. The van der Waals surface area contributed by atoms with E-state index in [4.69, 9.17) is 10.8 Å². The lowest BCUT2D eigenvalue weighted by atomic mass is 10.0. The molecule has 168 valence electrons. The van der Waals surface area contributed by atoms with Crippen LogP contribution in [0.2, 0.25) is 0 Å². The van der Waals surface area contributed by atoms with Crippen molar-refractivity contribution in [2.75, 3.05) is 19.6 Å². The molecular formula is C21H28N4O6. The standard InChI is InChI=1S/C21H28N4O6/c22-15(11-13-5-7-14(26)8-6-13)20(30)25-10-2-4-17(25)21(31)24-9-1-3-16(24)19(29)23-12-18(27)28/h5-8,15-17,26H,1-4,9-12,22H2,(H,23,29)(H,27,28). The molecule has 1 aromatic rings. The van der Waals surface area contributed by atoms with Gasteiger partial charge in [0.25, 0.3) is 0 Å². The van der Waals surface area contributed by atoms with E-state index in [1.165, 1.54) is 21.9 Å². The van der Waals surface area contributed by atoms with Gasteiger partial charge in [0, 0.05) is 13.1 Å². The number of nitrogens with one attached hydrogen (secondary N) is 1. The first kappa shape index (κ1) is 22.5. The third kappa shape index (κ3) is 5.32. The molecule has 0 radical (unpaired) electrons. The van der Waals surface area contributed by atoms with E-state index in [0.29, 0.717) is 38.8 Å². The van der Waals surface area contributed by atoms with Crippen LogP contribution in [0.25, 0.3) is 0 Å². The largest absolute Gasteiger partial charge is 0.508 e. The zero-order valence-corrected chi connectivity index (χ0v) is 17.2. The number of benzene rings is 1. The molecule has 2 fully saturated rings. The summed E-state index contributed by atoms with van der Waals surface area (Å²) >= 11 is 0. The van der Waals surface area contributed by atoms with Crippen LogP contribution in [0.1, 0.15) is 31.2 Å². The predicted molar refractivity (Wildman–Crippen MR) is 110 cm³/mol. The van der Waals surface area contributed by atoms with Crippen molar-refractivity contribution < 1.29 is 29.4 Å². The number of amides is 3. The molecule has 0 saturated carbocycles. The Balaban J connectivity index is 1.64. The molecule has 3 amide bonds. The monoisotopic (exact) mass is 432 g/mol. The van der Waals surface area contributed by atoms with Crippen LogP contribution >= 0.6 is 0 Å². The van der Waals surface area contributed by atoms with E-state index < -0.39 is 36.5 Å². The van der Waals surface area contributed by atoms with Crippen molar-refractivity contribution in [2.45, 2.75) is 50.2 Å². The Kier molecular flexibility index (Phi) is 7.11. The summed E-state index contributed by atoms with van der Waals surface area (Å²) in [6.07, 6.45) is 2.53. The molecule has 2 aliphatic heterocycles. The minimum Gasteiger partial charge on any atom is -0.508 e. The number of carbonyl (C=O) groups is 4. The summed E-state index contributed by atoms with van der Waals surface area (Å²) in [7, 11) is 0. The molecule has 31 heavy (non-hydrogen) atoms. The molecule has 1 aromatic carbocycles. The first-order valence-electron chi connectivity index (χ1n) is 10.4. The van der Waals surface area contributed by atoms with Crippen LogP contribution in [0.4, 0.5) is 0 Å². The summed E-state index contributed by atoms with van der Waals surface area (Å²) < 4.78 is 0. The molecular weight excluding hydrogens is 404 g/mol. The summed E-state index contributed by atoms with van der Waals surface area (Å²) in [6.45, 7) is 0.307. The highest BCUT2D eigenvalue weighted by atomic mass is 16.4. The van der Waals surface area contributed by atoms with Gasteiger partial charge in [-0.15, -0.1) is 0 Å². The fraction of sp³-hybridized carbons (Fsp3) is 0.524. The molecule has 0 aliphatic carbocycles. The predicted octanol–water partition coefficient (Wildman–Crippen LogP) is -0.555. The van der Waals surface area contributed by atoms with Crippen molar-refractivity contribution in [3.8, 4) is 5.75 Å². The van der Waals surface area contributed by atoms with Crippen molar-refractivity contribution in [1.82, 2.24) is 15.1 Å². The Bertz CT molecular complexity index is 843. The average Bonchev–Trinajstić information content (AvgIpc) is 3.42. The molecule has 3 rings (SSSR count). The van der Waals surface area contributed by atoms with Gasteiger partial charge in [0.15, 0.2) is 0 Å². The van der Waals surface area contributed by atoms with E-state index in [-0.39, 0.29) is 24.0 Å². The maximum atomic E-state index is 13.2. The van der Waals surface area contributed by atoms with Crippen LogP contribution in [0.5, 0.6) is 5.75 Å². The zero-order valence-electron chi connectivity index (χ0n) is 17.2. The second-order valence-corrected chi connectivity index (χ2v) is 7.97. The third-order valence-corrected chi connectivity index (χ3v) is 5.78. The maximum absolute atomic E-state index is 13.2. The number of phenolic OH excluding ortho intramolecular Hbond substituents is 1. The molecule has 2 aliphatic rings. The van der Waals surface area contributed by atoms with Crippen LogP contribution in [-0.2, 0) is 25.6 Å². The van der Waals surface area contributed by atoms with Gasteiger partial charge in [0.05, 0.1) is 6.04 Å². The minimum absolute atomic E-state index is 0.126. The highest BCUT2D eigenvalue weighted by Gasteiger charge is 2.42. The number of carboxylic acids is 1. The minimum atomic E-state index is -1.15. The first-order valence-corrected chi connectivity index (χ1v) is 10.4. The lowest BCUT2D eigenvalue weighted by molar-refractivity contribution is -0.147. The highest BCUT2D eigenvalue weighted by Crippen LogP contribution is 2.26. The number of carboxylic acid groups (broad SMARTS) is 1. The number of hydrogen-bond donors (Lipinski definition) is 4. The van der Waals surface area contributed by atoms with Crippen LogP contribution in [-0.4, -0.2) is 81.5 Å². The molecule has 0 aromatic heterocycles. The molecule has 5 N–H and O–H groups in total. The Morgan fingerprint density at radius 2 is 1.65 bits per heavy atom. The van der Waals surface area contributed by atoms with Crippen LogP contribution in [0.15, 0.2) is 24.3 Å². The number of nitrogens with zero attached hydrogens (tertiary/aromatic N) is 2. The number of aromatic hydroxyl groups is 1. The average molecular weight is 432 g/mol. The van der Waals surface area contributed by atoms with Gasteiger partial charge in [0.1, 0.15) is 24.4 Å². The van der Waals surface area contributed by atoms with Gasteiger partial charge in [0.2, 0.25) is 17.7 Å². The smallest absolute Gasteiger partial charge is 0.322 e. The van der Waals surface area contributed by atoms with E-state index in [1.54, 1.807) is 12.1 Å². The number of hydrogen-bond acceptors (Lipinski definition) is 6. The van der Waals surface area contributed by atoms with Gasteiger partial charge in [-0.25, -0.2) is 0 Å². The Labute approximate surface area is 180 Å². The number of phenols is 1. The molecule has 3 unspecified atom stereocenters. The normalized spacial score (nSPS) is 21.7. The number of likely N-dealkylation sites (tertiary alicyclic amines) is 2. The molecule has 10 heteroatoms. The molecule has 2 heterocycles. The second-order valence-electron chi connectivity index (χ2n) is 7.97. The summed E-state index contributed by atoms with van der Waals surface area (Å²) in [5, 5.41) is 20.5. The van der Waals surface area contributed by atoms with Crippen LogP contribution < -0.4 is 11.1 Å². The fourth-order valence-electron chi connectivity index (χ4n) is 4.25. The van der Waals surface area contributed by atoms with Crippen molar-refractivity contribution in [1.29, 1.82) is 0 Å². The molecule has 3 atom stereocenters. The Morgan fingerprint density at radius 1 is 1.03 bits per heavy atom. The Hall–Kier alpha value is -3.14. The van der Waals surface area contributed by atoms with Crippen molar-refractivity contribution in [3.05, 3.63) is 29.8 Å². The van der Waals surface area contributed by atoms with Gasteiger partial charge in [-0.1, -0.05) is 12.1 Å². The Morgan fingerprint density at radius 3 is 2.29 bits per heavy atom. The molecule has 0 spiro atoms. The van der Waals surface area contributed by atoms with Crippen molar-refractivity contribution in [2.24, 2.45) is 5.73 Å². The second kappa shape index (κ2) is 9.78. The third-order valence-electron chi connectivity index (χ3n) is 5.78. The van der Waals surface area contributed by atoms with E-state index in [9.17, 15) is 24.3 Å². The summed E-state index contributed by atoms with van der Waals surface area (Å²) in [5.41, 5.74) is 6.93. The lowest BCUT2D eigenvalue weighted by Gasteiger charge is -2.32. The van der Waals surface area contributed by atoms with Gasteiger partial charge >= 0.3 is 5.97 Å². The van der Waals surface area contributed by atoms with Gasteiger partial charge in [-0.05, 0) is 49.8 Å². The number of nitrogens with two attached hydrogens (primary N) is 1. The van der Waals surface area contributed by atoms with E-state index >= 15 is 0 Å². The first-order chi connectivity index (χ1) is 14.8. The number of carbonyl (C=O) groups excluding carboxylic acids is 3. The molecule has 10 nitrogen and oxygen atoms in total. The van der Waals surface area contributed by atoms with Gasteiger partial charge in [-0.2, -0.15) is 0 Å². The van der Waals surface area contributed by atoms with E-state index in [1.807, 2.05) is 0 Å². The van der Waals surface area contributed by atoms with Gasteiger partial charge < -0.3 is 31.1 Å². The summed E-state index contributed by atoms with van der Waals surface area (Å²) in [6, 6.07) is 4.21. The SMILES string of the molecule is NC(Cc1ccc(O)cc1)C(=O)N1CCCC1C(=O)N1CCCC1C(=O)NCC(=O)O. The van der Waals surface area contributed by atoms with Crippen LogP contribution in [0, 0.1) is 0 Å². The van der Waals surface area contributed by atoms with Crippen LogP contribution in [0.3, 0.4) is 0 Å². The quantitative estimate of drug-likeness (QED) is 0.451. The van der Waals surface area contributed by atoms with Crippen molar-refractivity contribution in [3.63, 3.8) is 0 Å². The number of aliphatic carboxylic acids is 1. The van der Waals surface area contributed by atoms with Crippen molar-refractivity contribution >= 4 is 23.7 Å². The highest BCUT2D eigenvalue weighted by molar-refractivity contribution is 5.94. The topological polar surface area (TPSA) is 153 Å². The van der Waals surface area contributed by atoms with E-state index in [0.717, 1.165) is 5.56 Å². The maximum Gasteiger partial charge on any atom is 0.322 e. The lowest BCUT2D eigenvalue weighted by Crippen LogP contribution is -2.55. The summed E-state index contributed by atoms with van der Waals surface area (Å²) in [4.78, 5) is 52.2. The van der Waals surface area contributed by atoms with E-state index in [2.05, 4.69) is 5.32 Å². The zero-order chi connectivity index (χ0) is 22.5. The van der Waals surface area contributed by atoms with Gasteiger partial charge in [-0.3, -0.25) is 19.2 Å².